The highest BCUT2D eigenvalue weighted by Gasteiger charge is 2.02. The number of pyridine rings is 1. The minimum Gasteiger partial charge on any atom is -0.545 e. The number of carbonyl (C=O) groups excluding carboxylic acids is 1. The standard InChI is InChI=1S/C17H11ClN2O2/c18-15-9-13(20-16-7-2-1-6-14(15)16)10-19-12-5-3-4-11(8-12)17(21)22/h1-10H,(H,21,22)/p-1. The number of aromatic carboxylic acids is 1. The van der Waals surface area contributed by atoms with Crippen LogP contribution < -0.4 is 5.11 Å². The van der Waals surface area contributed by atoms with Gasteiger partial charge in [0.25, 0.3) is 0 Å². The SMILES string of the molecule is O=C([O-])c1cccc(N=Cc2cc(Cl)c3ccccc3n2)c1. The Labute approximate surface area is 131 Å². The molecule has 3 rings (SSSR count). The minimum atomic E-state index is -1.23. The van der Waals surface area contributed by atoms with Gasteiger partial charge in [-0.25, -0.2) is 4.98 Å². The minimum absolute atomic E-state index is 0.0825. The van der Waals surface area contributed by atoms with Crippen LogP contribution >= 0.6 is 11.6 Å². The van der Waals surface area contributed by atoms with Crippen molar-refractivity contribution in [3.8, 4) is 0 Å². The Hall–Kier alpha value is -2.72. The fourth-order valence-corrected chi connectivity index (χ4v) is 2.34. The second-order valence-electron chi connectivity index (χ2n) is 4.64. The maximum atomic E-state index is 10.8. The van der Waals surface area contributed by atoms with E-state index in [0.717, 1.165) is 10.9 Å². The van der Waals surface area contributed by atoms with Gasteiger partial charge in [-0.1, -0.05) is 41.9 Å². The van der Waals surface area contributed by atoms with Crippen LogP contribution in [0.25, 0.3) is 10.9 Å². The summed E-state index contributed by atoms with van der Waals surface area (Å²) in [6.45, 7) is 0. The fourth-order valence-electron chi connectivity index (χ4n) is 2.07. The number of aliphatic imine (C=N–C) groups is 1. The van der Waals surface area contributed by atoms with E-state index in [4.69, 9.17) is 11.6 Å². The number of benzene rings is 2. The second kappa shape index (κ2) is 5.95. The molecule has 3 aromatic rings. The zero-order valence-electron chi connectivity index (χ0n) is 11.4. The van der Waals surface area contributed by atoms with Gasteiger partial charge in [-0.2, -0.15) is 0 Å². The molecule has 0 N–H and O–H groups in total. The van der Waals surface area contributed by atoms with Gasteiger partial charge in [-0.05, 0) is 29.8 Å². The normalized spacial score (nSPS) is 11.1. The number of hydrogen-bond acceptors (Lipinski definition) is 4. The van der Waals surface area contributed by atoms with Crippen LogP contribution in [0.5, 0.6) is 0 Å². The molecule has 4 nitrogen and oxygen atoms in total. The Morgan fingerprint density at radius 2 is 1.95 bits per heavy atom. The zero-order valence-corrected chi connectivity index (χ0v) is 12.1. The summed E-state index contributed by atoms with van der Waals surface area (Å²) in [5.41, 5.74) is 1.97. The van der Waals surface area contributed by atoms with Crippen molar-refractivity contribution in [2.45, 2.75) is 0 Å². The molecule has 22 heavy (non-hydrogen) atoms. The molecule has 5 heteroatoms. The lowest BCUT2D eigenvalue weighted by molar-refractivity contribution is -0.255. The smallest absolute Gasteiger partial charge is 0.0835 e. The number of nitrogens with zero attached hydrogens (tertiary/aromatic N) is 2. The Balaban J connectivity index is 1.95. The van der Waals surface area contributed by atoms with Gasteiger partial charge in [0.05, 0.1) is 34.1 Å². The molecule has 0 amide bonds. The van der Waals surface area contributed by atoms with E-state index in [0.29, 0.717) is 16.4 Å². The van der Waals surface area contributed by atoms with E-state index in [1.165, 1.54) is 12.1 Å². The number of fused-ring (bicyclic) bond motifs is 1. The molecule has 0 bridgehead atoms. The number of aromatic nitrogens is 1. The Morgan fingerprint density at radius 1 is 1.14 bits per heavy atom. The van der Waals surface area contributed by atoms with Crippen molar-refractivity contribution in [3.05, 3.63) is 70.9 Å². The predicted octanol–water partition coefficient (Wildman–Crippen LogP) is 3.00. The van der Waals surface area contributed by atoms with Gasteiger partial charge in [-0.3, -0.25) is 4.99 Å². The van der Waals surface area contributed by atoms with Crippen LogP contribution in [0.2, 0.25) is 5.02 Å². The number of halogens is 1. The lowest BCUT2D eigenvalue weighted by atomic mass is 10.2. The summed E-state index contributed by atoms with van der Waals surface area (Å²) in [5.74, 6) is -1.23. The first-order chi connectivity index (χ1) is 10.6. The number of carboxylic acids is 1. The number of hydrogen-bond donors (Lipinski definition) is 0. The molecule has 0 aliphatic heterocycles. The van der Waals surface area contributed by atoms with Gasteiger partial charge in [0.15, 0.2) is 0 Å². The van der Waals surface area contributed by atoms with E-state index in [1.54, 1.807) is 24.4 Å². The van der Waals surface area contributed by atoms with Crippen molar-refractivity contribution in [1.29, 1.82) is 0 Å². The number of carboxylic acid groups (broad SMARTS) is 1. The average Bonchev–Trinajstić information content (AvgIpc) is 2.53. The van der Waals surface area contributed by atoms with Gasteiger partial charge in [0, 0.05) is 5.39 Å². The summed E-state index contributed by atoms with van der Waals surface area (Å²) >= 11 is 6.22. The van der Waals surface area contributed by atoms with Crippen molar-refractivity contribution < 1.29 is 9.90 Å². The van der Waals surface area contributed by atoms with Crippen LogP contribution in [-0.4, -0.2) is 17.2 Å². The van der Waals surface area contributed by atoms with Crippen LogP contribution in [0.3, 0.4) is 0 Å². The highest BCUT2D eigenvalue weighted by atomic mass is 35.5. The highest BCUT2D eigenvalue weighted by molar-refractivity contribution is 6.35. The number of rotatable bonds is 3. The van der Waals surface area contributed by atoms with Gasteiger partial charge in [0.2, 0.25) is 0 Å². The molecule has 0 unspecified atom stereocenters. The van der Waals surface area contributed by atoms with Crippen LogP contribution in [0.15, 0.2) is 59.6 Å². The molecule has 1 heterocycles. The fraction of sp³-hybridized carbons (Fsp3) is 0. The van der Waals surface area contributed by atoms with E-state index in [1.807, 2.05) is 24.3 Å². The highest BCUT2D eigenvalue weighted by Crippen LogP contribution is 2.22. The molecule has 0 saturated heterocycles. The monoisotopic (exact) mass is 309 g/mol. The van der Waals surface area contributed by atoms with E-state index in [2.05, 4.69) is 9.98 Å². The largest absolute Gasteiger partial charge is 0.545 e. The number of para-hydroxylation sites is 1. The zero-order chi connectivity index (χ0) is 15.5. The molecule has 0 aliphatic carbocycles. The van der Waals surface area contributed by atoms with E-state index < -0.39 is 5.97 Å². The molecule has 0 atom stereocenters. The summed E-state index contributed by atoms with van der Waals surface area (Å²) in [4.78, 5) is 19.5. The average molecular weight is 310 g/mol. The first-order valence-electron chi connectivity index (χ1n) is 6.54. The van der Waals surface area contributed by atoms with E-state index in [9.17, 15) is 9.90 Å². The van der Waals surface area contributed by atoms with Crippen molar-refractivity contribution in [3.63, 3.8) is 0 Å². The third-order valence-corrected chi connectivity index (χ3v) is 3.43. The predicted molar refractivity (Wildman–Crippen MR) is 84.8 cm³/mol. The molecule has 108 valence electrons. The van der Waals surface area contributed by atoms with Crippen molar-refractivity contribution in [2.75, 3.05) is 0 Å². The Kier molecular flexibility index (Phi) is 3.85. The Morgan fingerprint density at radius 3 is 2.77 bits per heavy atom. The van der Waals surface area contributed by atoms with Crippen LogP contribution in [0.1, 0.15) is 16.1 Å². The van der Waals surface area contributed by atoms with Crippen molar-refractivity contribution in [1.82, 2.24) is 4.98 Å². The maximum absolute atomic E-state index is 10.8. The van der Waals surface area contributed by atoms with Crippen LogP contribution in [-0.2, 0) is 0 Å². The second-order valence-corrected chi connectivity index (χ2v) is 5.05. The third kappa shape index (κ3) is 2.97. The van der Waals surface area contributed by atoms with Gasteiger partial charge >= 0.3 is 0 Å². The molecular formula is C17H10ClN2O2-. The molecule has 1 aromatic heterocycles. The van der Waals surface area contributed by atoms with E-state index >= 15 is 0 Å². The van der Waals surface area contributed by atoms with Crippen molar-refractivity contribution >= 4 is 40.4 Å². The number of carbonyl (C=O) groups is 1. The van der Waals surface area contributed by atoms with Crippen molar-refractivity contribution in [2.24, 2.45) is 4.99 Å². The van der Waals surface area contributed by atoms with Gasteiger partial charge in [0.1, 0.15) is 0 Å². The van der Waals surface area contributed by atoms with Crippen LogP contribution in [0, 0.1) is 0 Å². The molecule has 0 fully saturated rings. The summed E-state index contributed by atoms with van der Waals surface area (Å²) in [6.07, 6.45) is 1.55. The molecular weight excluding hydrogens is 300 g/mol. The third-order valence-electron chi connectivity index (χ3n) is 3.11. The molecule has 0 radical (unpaired) electrons. The quantitative estimate of drug-likeness (QED) is 0.699. The maximum Gasteiger partial charge on any atom is 0.0835 e. The Bertz CT molecular complexity index is 891. The van der Waals surface area contributed by atoms with Crippen LogP contribution in [0.4, 0.5) is 5.69 Å². The summed E-state index contributed by atoms with van der Waals surface area (Å²) in [7, 11) is 0. The lowest BCUT2D eigenvalue weighted by Crippen LogP contribution is -2.21. The summed E-state index contributed by atoms with van der Waals surface area (Å²) in [6, 6.07) is 15.5. The van der Waals surface area contributed by atoms with E-state index in [-0.39, 0.29) is 5.56 Å². The first-order valence-corrected chi connectivity index (χ1v) is 6.92. The molecule has 0 saturated carbocycles. The van der Waals surface area contributed by atoms with Gasteiger partial charge < -0.3 is 9.90 Å². The lowest BCUT2D eigenvalue weighted by Gasteiger charge is -2.03. The summed E-state index contributed by atoms with van der Waals surface area (Å²) in [5, 5.41) is 12.3. The molecule has 0 aliphatic rings. The molecule has 2 aromatic carbocycles. The molecule has 0 spiro atoms. The van der Waals surface area contributed by atoms with Gasteiger partial charge in [-0.15, -0.1) is 0 Å². The summed E-state index contributed by atoms with van der Waals surface area (Å²) < 4.78 is 0. The first kappa shape index (κ1) is 14.2. The topological polar surface area (TPSA) is 65.4 Å².